The summed E-state index contributed by atoms with van der Waals surface area (Å²) in [5, 5.41) is 7.36. The smallest absolute Gasteiger partial charge is 0.308 e. The highest BCUT2D eigenvalue weighted by Gasteiger charge is 2.57. The molecule has 3 amide bonds. The van der Waals surface area contributed by atoms with Crippen molar-refractivity contribution in [1.29, 1.82) is 0 Å². The topological polar surface area (TPSA) is 167 Å². The number of amides is 3. The zero-order chi connectivity index (χ0) is 32.9. The maximum absolute atomic E-state index is 14.1. The van der Waals surface area contributed by atoms with E-state index >= 15 is 0 Å². The van der Waals surface area contributed by atoms with E-state index in [1.54, 1.807) is 30.3 Å². The number of anilines is 2. The van der Waals surface area contributed by atoms with Crippen LogP contribution >= 0.6 is 23.1 Å². The molecule has 3 atom stereocenters. The average molecular weight is 681 g/mol. The van der Waals surface area contributed by atoms with Gasteiger partial charge >= 0.3 is 4.87 Å². The van der Waals surface area contributed by atoms with Gasteiger partial charge in [0.15, 0.2) is 11.5 Å². The largest absolute Gasteiger partial charge is 0.493 e. The fraction of sp³-hybridized carbons (Fsp3) is 0.226. The number of thioether (sulfide) groups is 1. The number of thiazole rings is 1. The number of benzene rings is 3. The number of nitrogens with one attached hydrogen (secondary N) is 1. The van der Waals surface area contributed by atoms with Gasteiger partial charge in [0.2, 0.25) is 27.7 Å². The number of rotatable bonds is 8. The van der Waals surface area contributed by atoms with Gasteiger partial charge < -0.3 is 14.8 Å². The molecule has 3 unspecified atom stereocenters. The monoisotopic (exact) mass is 680 g/mol. The Morgan fingerprint density at radius 1 is 0.935 bits per heavy atom. The highest BCUT2D eigenvalue weighted by molar-refractivity contribution is 8.00. The van der Waals surface area contributed by atoms with Gasteiger partial charge in [-0.2, -0.15) is 0 Å². The fourth-order valence-electron chi connectivity index (χ4n) is 5.68. The molecule has 2 aliphatic heterocycles. The van der Waals surface area contributed by atoms with E-state index in [1.165, 1.54) is 48.0 Å². The first-order valence-electron chi connectivity index (χ1n) is 13.9. The molecule has 3 aromatic carbocycles. The lowest BCUT2D eigenvalue weighted by Crippen LogP contribution is -2.33. The van der Waals surface area contributed by atoms with Crippen LogP contribution in [0, 0.1) is 12.8 Å². The Labute approximate surface area is 272 Å². The Kier molecular flexibility index (Phi) is 8.27. The quantitative estimate of drug-likeness (QED) is 0.266. The molecule has 1 fully saturated rings. The van der Waals surface area contributed by atoms with Crippen molar-refractivity contribution >= 4 is 62.2 Å². The third-order valence-corrected chi connectivity index (χ3v) is 11.4. The number of fused-ring (bicyclic) bond motifs is 2. The van der Waals surface area contributed by atoms with Crippen molar-refractivity contribution in [2.24, 2.45) is 11.1 Å². The van der Waals surface area contributed by atoms with Gasteiger partial charge in [-0.15, -0.1) is 0 Å². The molecule has 15 heteroatoms. The highest BCUT2D eigenvalue weighted by atomic mass is 32.2. The molecule has 0 saturated carbocycles. The predicted octanol–water partition coefficient (Wildman–Crippen LogP) is 3.32. The van der Waals surface area contributed by atoms with Crippen molar-refractivity contribution in [3.05, 3.63) is 92.4 Å². The summed E-state index contributed by atoms with van der Waals surface area (Å²) in [4.78, 5) is 55.8. The van der Waals surface area contributed by atoms with Crippen LogP contribution in [0.15, 0.2) is 81.4 Å². The van der Waals surface area contributed by atoms with Gasteiger partial charge in [-0.05, 0) is 61.0 Å². The van der Waals surface area contributed by atoms with E-state index in [9.17, 15) is 27.6 Å². The number of aryl methyl sites for hydroxylation is 1. The van der Waals surface area contributed by atoms with Crippen LogP contribution in [-0.2, 0) is 31.0 Å². The van der Waals surface area contributed by atoms with Crippen LogP contribution in [0.5, 0.6) is 11.5 Å². The van der Waals surface area contributed by atoms with Crippen molar-refractivity contribution in [3.8, 4) is 11.5 Å². The van der Waals surface area contributed by atoms with Crippen LogP contribution in [0.2, 0.25) is 0 Å². The van der Waals surface area contributed by atoms with E-state index in [0.717, 1.165) is 28.7 Å². The molecule has 238 valence electrons. The van der Waals surface area contributed by atoms with Gasteiger partial charge in [0, 0.05) is 16.5 Å². The second-order valence-corrected chi connectivity index (χ2v) is 14.4. The van der Waals surface area contributed by atoms with E-state index in [1.807, 2.05) is 19.1 Å². The van der Waals surface area contributed by atoms with E-state index < -0.39 is 43.8 Å². The summed E-state index contributed by atoms with van der Waals surface area (Å²) in [6, 6.07) is 17.6. The summed E-state index contributed by atoms with van der Waals surface area (Å²) in [6.45, 7) is 1.53. The SMILES string of the molecule is COc1ccc(C2c3sc(=O)n(CC(=O)Nc4ccc(S(N)(=O)=O)cc4)c3SC3C(=O)N(c4ccc(C)cc4)C(=O)C32)cc1OC. The van der Waals surface area contributed by atoms with Crippen molar-refractivity contribution < 1.29 is 32.3 Å². The van der Waals surface area contributed by atoms with Crippen molar-refractivity contribution in [3.63, 3.8) is 0 Å². The van der Waals surface area contributed by atoms with Crippen LogP contribution in [0.4, 0.5) is 11.4 Å². The number of carbonyl (C=O) groups is 3. The third-order valence-electron chi connectivity index (χ3n) is 7.88. The summed E-state index contributed by atoms with van der Waals surface area (Å²) in [5.74, 6) is -1.98. The number of carbonyl (C=O) groups excluding carboxylic acids is 3. The number of sulfonamides is 1. The molecule has 3 heterocycles. The molecule has 46 heavy (non-hydrogen) atoms. The lowest BCUT2D eigenvalue weighted by Gasteiger charge is -2.31. The number of hydrogen-bond donors (Lipinski definition) is 2. The minimum absolute atomic E-state index is 0.115. The van der Waals surface area contributed by atoms with Gasteiger partial charge in [-0.25, -0.2) is 18.5 Å². The molecule has 4 aromatic rings. The van der Waals surface area contributed by atoms with Crippen molar-refractivity contribution in [2.45, 2.75) is 34.6 Å². The standard InChI is InChI=1S/C31H28N4O8S3/c1-16-4-9-19(10-5-16)35-28(37)25-24(17-6-13-21(42-2)22(14-17)43-3)27-30(44-26(25)29(35)38)34(31(39)45-27)15-23(36)33-18-7-11-20(12-8-18)46(32,40)41/h4-14,24-26H,15H2,1-3H3,(H,33,36)(H2,32,40,41). The van der Waals surface area contributed by atoms with Gasteiger partial charge in [-0.1, -0.05) is 46.9 Å². The molecule has 12 nitrogen and oxygen atoms in total. The molecule has 0 spiro atoms. The predicted molar refractivity (Wildman–Crippen MR) is 173 cm³/mol. The van der Waals surface area contributed by atoms with Crippen LogP contribution in [0.1, 0.15) is 21.9 Å². The van der Waals surface area contributed by atoms with Crippen molar-refractivity contribution in [2.75, 3.05) is 24.4 Å². The van der Waals surface area contributed by atoms with Gasteiger partial charge in [0.1, 0.15) is 11.8 Å². The first-order valence-corrected chi connectivity index (χ1v) is 17.1. The Balaban J connectivity index is 1.40. The number of nitrogens with two attached hydrogens (primary N) is 1. The molecule has 0 radical (unpaired) electrons. The van der Waals surface area contributed by atoms with Crippen LogP contribution in [0.25, 0.3) is 0 Å². The zero-order valence-electron chi connectivity index (χ0n) is 24.8. The maximum atomic E-state index is 14.1. The number of primary sulfonamides is 1. The highest BCUT2D eigenvalue weighted by Crippen LogP contribution is 2.54. The Hall–Kier alpha value is -4.44. The summed E-state index contributed by atoms with van der Waals surface area (Å²) in [7, 11) is -0.912. The van der Waals surface area contributed by atoms with Gasteiger partial charge in [0.05, 0.1) is 35.7 Å². The summed E-state index contributed by atoms with van der Waals surface area (Å²) in [6.07, 6.45) is 0. The first kappa shape index (κ1) is 31.5. The number of imide groups is 1. The van der Waals surface area contributed by atoms with Crippen LogP contribution in [0.3, 0.4) is 0 Å². The Morgan fingerprint density at radius 3 is 2.24 bits per heavy atom. The number of aromatic nitrogens is 1. The molecule has 0 bridgehead atoms. The second kappa shape index (κ2) is 12.1. The molecule has 3 N–H and O–H groups in total. The molecule has 0 aliphatic carbocycles. The third kappa shape index (κ3) is 5.59. The Morgan fingerprint density at radius 2 is 1.61 bits per heavy atom. The molecular weight excluding hydrogens is 653 g/mol. The molecular formula is C31H28N4O8S3. The zero-order valence-corrected chi connectivity index (χ0v) is 27.2. The van der Waals surface area contributed by atoms with E-state index in [-0.39, 0.29) is 17.3 Å². The summed E-state index contributed by atoms with van der Waals surface area (Å²) >= 11 is 2.02. The molecule has 1 saturated heterocycles. The average Bonchev–Trinajstić information content (AvgIpc) is 3.47. The summed E-state index contributed by atoms with van der Waals surface area (Å²) in [5.41, 5.74) is 2.38. The fourth-order valence-corrected chi connectivity index (χ4v) is 8.97. The summed E-state index contributed by atoms with van der Waals surface area (Å²) < 4.78 is 35.4. The van der Waals surface area contributed by atoms with Crippen molar-refractivity contribution in [1.82, 2.24) is 4.57 Å². The lowest BCUT2D eigenvalue weighted by atomic mass is 9.83. The van der Waals surface area contributed by atoms with Gasteiger partial charge in [0.25, 0.3) is 0 Å². The van der Waals surface area contributed by atoms with E-state index in [0.29, 0.717) is 38.3 Å². The van der Waals surface area contributed by atoms with Gasteiger partial charge in [-0.3, -0.25) is 23.7 Å². The molecule has 6 rings (SSSR count). The van der Waals surface area contributed by atoms with E-state index in [4.69, 9.17) is 14.6 Å². The minimum Gasteiger partial charge on any atom is -0.493 e. The van der Waals surface area contributed by atoms with Crippen LogP contribution < -0.4 is 29.7 Å². The minimum atomic E-state index is -3.91. The number of ether oxygens (including phenoxy) is 2. The second-order valence-electron chi connectivity index (χ2n) is 10.7. The molecule has 2 aliphatic rings. The maximum Gasteiger partial charge on any atom is 0.308 e. The number of hydrogen-bond acceptors (Lipinski definition) is 10. The number of nitrogens with zero attached hydrogens (tertiary/aromatic N) is 2. The lowest BCUT2D eigenvalue weighted by molar-refractivity contribution is -0.122. The Bertz CT molecular complexity index is 2040. The molecule has 1 aromatic heterocycles. The first-order chi connectivity index (χ1) is 21.9. The van der Waals surface area contributed by atoms with Crippen LogP contribution in [-0.4, -0.2) is 50.2 Å². The van der Waals surface area contributed by atoms with E-state index in [2.05, 4.69) is 5.32 Å². The normalized spacial score (nSPS) is 19.0. The number of methoxy groups -OCH3 is 2.